The lowest BCUT2D eigenvalue weighted by molar-refractivity contribution is -0.274. The Morgan fingerprint density at radius 3 is 2.48 bits per heavy atom. The molecule has 3 aromatic rings. The number of fused-ring (bicyclic) bond motifs is 1. The van der Waals surface area contributed by atoms with E-state index in [0.717, 1.165) is 0 Å². The lowest BCUT2D eigenvalue weighted by Crippen LogP contribution is -2.17. The van der Waals surface area contributed by atoms with Crippen molar-refractivity contribution in [3.63, 3.8) is 0 Å². The summed E-state index contributed by atoms with van der Waals surface area (Å²) in [5.41, 5.74) is 6.57. The first kappa shape index (κ1) is 18.7. The van der Waals surface area contributed by atoms with E-state index in [1.54, 1.807) is 12.3 Å². The normalized spacial score (nSPS) is 12.5. The van der Waals surface area contributed by atoms with E-state index in [4.69, 9.17) is 22.5 Å². The molecule has 0 amide bonds. The maximum Gasteiger partial charge on any atom is 0.573 e. The molecule has 0 saturated heterocycles. The Bertz CT molecular complexity index is 1010. The summed E-state index contributed by atoms with van der Waals surface area (Å²) < 4.78 is 41.9. The molecule has 0 atom stereocenters. The van der Waals surface area contributed by atoms with Crippen molar-refractivity contribution in [2.45, 2.75) is 12.9 Å². The highest BCUT2D eigenvalue weighted by atomic mass is 35.5. The third-order valence-corrected chi connectivity index (χ3v) is 4.12. The van der Waals surface area contributed by atoms with Crippen LogP contribution in [0.4, 0.5) is 13.2 Å². The molecule has 2 aromatic carbocycles. The highest BCUT2D eigenvalue weighted by Crippen LogP contribution is 2.35. The topological polar surface area (TPSA) is 93.0 Å². The molecule has 0 saturated carbocycles. The van der Waals surface area contributed by atoms with Crippen molar-refractivity contribution in [3.8, 4) is 11.6 Å². The van der Waals surface area contributed by atoms with E-state index >= 15 is 0 Å². The van der Waals surface area contributed by atoms with Crippen LogP contribution in [0.5, 0.6) is 11.6 Å². The van der Waals surface area contributed by atoms with Gasteiger partial charge in [0, 0.05) is 17.1 Å². The second-order valence-corrected chi connectivity index (χ2v) is 6.09. The van der Waals surface area contributed by atoms with Gasteiger partial charge in [0.25, 0.3) is 0 Å². The van der Waals surface area contributed by atoms with Gasteiger partial charge in [-0.1, -0.05) is 28.9 Å². The van der Waals surface area contributed by atoms with E-state index in [-0.39, 0.29) is 29.0 Å². The third-order valence-electron chi connectivity index (χ3n) is 3.82. The number of aromatic hydroxyl groups is 1. The highest BCUT2D eigenvalue weighted by molar-refractivity contribution is 6.36. The van der Waals surface area contributed by atoms with Crippen molar-refractivity contribution in [2.24, 2.45) is 10.9 Å². The van der Waals surface area contributed by atoms with Crippen LogP contribution in [0.15, 0.2) is 47.8 Å². The lowest BCUT2D eigenvalue weighted by atomic mass is 10.1. The summed E-state index contributed by atoms with van der Waals surface area (Å²) >= 11 is 6.18. The molecule has 10 heteroatoms. The van der Waals surface area contributed by atoms with Crippen molar-refractivity contribution in [2.75, 3.05) is 0 Å². The fraction of sp³-hybridized carbons (Fsp3) is 0.118. The maximum atomic E-state index is 12.2. The van der Waals surface area contributed by atoms with Gasteiger partial charge < -0.3 is 25.4 Å². The first-order valence-electron chi connectivity index (χ1n) is 7.52. The summed E-state index contributed by atoms with van der Waals surface area (Å²) in [4.78, 5) is 0. The van der Waals surface area contributed by atoms with Crippen molar-refractivity contribution in [1.29, 1.82) is 0 Å². The van der Waals surface area contributed by atoms with E-state index in [1.807, 2.05) is 0 Å². The Balaban J connectivity index is 1.91. The SMILES string of the molecule is NC(=NO)c1cc(Cl)c2c(O)n(Cc3ccc(OC(F)(F)F)cc3)cc2c1. The summed E-state index contributed by atoms with van der Waals surface area (Å²) in [6.07, 6.45) is -3.16. The van der Waals surface area contributed by atoms with Gasteiger partial charge in [-0.3, -0.25) is 0 Å². The number of ether oxygens (including phenoxy) is 1. The van der Waals surface area contributed by atoms with Crippen LogP contribution >= 0.6 is 11.6 Å². The predicted octanol–water partition coefficient (Wildman–Crippen LogP) is 4.04. The molecule has 0 unspecified atom stereocenters. The van der Waals surface area contributed by atoms with Crippen LogP contribution in [0.3, 0.4) is 0 Å². The zero-order chi connectivity index (χ0) is 19.8. The molecule has 0 aliphatic heterocycles. The first-order valence-corrected chi connectivity index (χ1v) is 7.89. The minimum Gasteiger partial charge on any atom is -0.494 e. The van der Waals surface area contributed by atoms with Crippen LogP contribution in [0.25, 0.3) is 10.8 Å². The summed E-state index contributed by atoms with van der Waals surface area (Å²) in [7, 11) is 0. The van der Waals surface area contributed by atoms with Gasteiger partial charge in [-0.05, 0) is 29.8 Å². The van der Waals surface area contributed by atoms with Crippen LogP contribution in [0, 0.1) is 0 Å². The van der Waals surface area contributed by atoms with E-state index in [0.29, 0.717) is 21.9 Å². The standard InChI is InChI=1S/C17H13ClF3N3O3/c18-13-6-10(15(22)23-26)5-11-8-24(16(25)14(11)13)7-9-1-3-12(4-2-9)27-17(19,20)21/h1-6,8,25-26H,7H2,(H2,22,23). The number of oxime groups is 1. The molecule has 0 aliphatic carbocycles. The Morgan fingerprint density at radius 1 is 1.22 bits per heavy atom. The Hall–Kier alpha value is -3.07. The van der Waals surface area contributed by atoms with Gasteiger partial charge in [-0.25, -0.2) is 0 Å². The van der Waals surface area contributed by atoms with Crippen molar-refractivity contribution in [1.82, 2.24) is 4.57 Å². The number of alkyl halides is 3. The lowest BCUT2D eigenvalue weighted by Gasteiger charge is -2.10. The molecule has 142 valence electrons. The molecule has 0 aliphatic rings. The Labute approximate surface area is 155 Å². The number of nitrogens with zero attached hydrogens (tertiary/aromatic N) is 2. The second-order valence-electron chi connectivity index (χ2n) is 5.68. The number of hydrogen-bond donors (Lipinski definition) is 3. The van der Waals surface area contributed by atoms with E-state index < -0.39 is 6.36 Å². The number of aromatic nitrogens is 1. The molecule has 0 radical (unpaired) electrons. The monoisotopic (exact) mass is 399 g/mol. The van der Waals surface area contributed by atoms with E-state index in [2.05, 4.69) is 9.89 Å². The number of halogens is 4. The van der Waals surface area contributed by atoms with E-state index in [9.17, 15) is 18.3 Å². The van der Waals surface area contributed by atoms with Crippen molar-refractivity contribution in [3.05, 3.63) is 58.7 Å². The number of benzene rings is 2. The molecule has 3 rings (SSSR count). The number of rotatable bonds is 4. The van der Waals surface area contributed by atoms with Crippen molar-refractivity contribution >= 4 is 28.2 Å². The predicted molar refractivity (Wildman–Crippen MR) is 93.4 cm³/mol. The largest absolute Gasteiger partial charge is 0.573 e. The molecular formula is C17H13ClF3N3O3. The molecule has 27 heavy (non-hydrogen) atoms. The molecule has 1 heterocycles. The third kappa shape index (κ3) is 4.03. The summed E-state index contributed by atoms with van der Waals surface area (Å²) in [5.74, 6) is -0.581. The van der Waals surface area contributed by atoms with Crippen LogP contribution < -0.4 is 10.5 Å². The smallest absolute Gasteiger partial charge is 0.494 e. The molecule has 1 aromatic heterocycles. The zero-order valence-electron chi connectivity index (χ0n) is 13.5. The second kappa shape index (κ2) is 6.92. The minimum atomic E-state index is -4.76. The van der Waals surface area contributed by atoms with Gasteiger partial charge in [0.2, 0.25) is 5.88 Å². The molecule has 0 fully saturated rings. The number of hydrogen-bond acceptors (Lipinski definition) is 4. The van der Waals surface area contributed by atoms with E-state index in [1.165, 1.54) is 34.9 Å². The van der Waals surface area contributed by atoms with Crippen LogP contribution in [-0.2, 0) is 6.54 Å². The minimum absolute atomic E-state index is 0.114. The summed E-state index contributed by atoms with van der Waals surface area (Å²) in [6.45, 7) is 0.183. The summed E-state index contributed by atoms with van der Waals surface area (Å²) in [5, 5.41) is 23.3. The van der Waals surface area contributed by atoms with Gasteiger partial charge in [0.1, 0.15) is 5.75 Å². The average Bonchev–Trinajstić information content (AvgIpc) is 2.90. The quantitative estimate of drug-likeness (QED) is 0.267. The fourth-order valence-electron chi connectivity index (χ4n) is 2.66. The van der Waals surface area contributed by atoms with Crippen LogP contribution in [0.2, 0.25) is 5.02 Å². The van der Waals surface area contributed by atoms with Gasteiger partial charge >= 0.3 is 6.36 Å². The van der Waals surface area contributed by atoms with Crippen molar-refractivity contribution < 1.29 is 28.2 Å². The molecule has 6 nitrogen and oxygen atoms in total. The Morgan fingerprint density at radius 2 is 1.89 bits per heavy atom. The number of nitrogens with two attached hydrogens (primary N) is 1. The first-order chi connectivity index (χ1) is 12.7. The van der Waals surface area contributed by atoms with Gasteiger partial charge in [0.15, 0.2) is 5.84 Å². The van der Waals surface area contributed by atoms with Crippen LogP contribution in [0.1, 0.15) is 11.1 Å². The molecule has 0 spiro atoms. The Kier molecular flexibility index (Phi) is 4.79. The molecular weight excluding hydrogens is 387 g/mol. The highest BCUT2D eigenvalue weighted by Gasteiger charge is 2.30. The zero-order valence-corrected chi connectivity index (χ0v) is 14.3. The summed E-state index contributed by atoms with van der Waals surface area (Å²) in [6, 6.07) is 8.32. The molecule has 4 N–H and O–H groups in total. The maximum absolute atomic E-state index is 12.2. The van der Waals surface area contributed by atoms with Gasteiger partial charge in [-0.15, -0.1) is 13.2 Å². The van der Waals surface area contributed by atoms with Crippen LogP contribution in [-0.4, -0.2) is 27.1 Å². The number of amidine groups is 1. The van der Waals surface area contributed by atoms with Gasteiger partial charge in [-0.2, -0.15) is 0 Å². The average molecular weight is 400 g/mol. The fourth-order valence-corrected chi connectivity index (χ4v) is 2.97. The van der Waals surface area contributed by atoms with Gasteiger partial charge in [0.05, 0.1) is 17.0 Å². The molecule has 0 bridgehead atoms.